The van der Waals surface area contributed by atoms with E-state index in [0.29, 0.717) is 23.9 Å². The molecule has 2 fully saturated rings. The van der Waals surface area contributed by atoms with Crippen LogP contribution in [0, 0.1) is 11.8 Å². The molecular weight excluding hydrogens is 369 g/mol. The van der Waals surface area contributed by atoms with Gasteiger partial charge in [0.05, 0.1) is 6.04 Å². The van der Waals surface area contributed by atoms with E-state index < -0.39 is 0 Å². The Morgan fingerprint density at radius 1 is 1.19 bits per heavy atom. The third-order valence-corrected chi connectivity index (χ3v) is 6.00. The van der Waals surface area contributed by atoms with E-state index in [1.807, 2.05) is 32.2 Å². The fraction of sp³-hybridized carbons (Fsp3) is 0.650. The van der Waals surface area contributed by atoms with Gasteiger partial charge in [-0.1, -0.05) is 36.8 Å². The van der Waals surface area contributed by atoms with Crippen molar-refractivity contribution in [3.8, 4) is 0 Å². The van der Waals surface area contributed by atoms with Crippen molar-refractivity contribution in [1.29, 1.82) is 0 Å². The number of carbonyl (C=O) groups excluding carboxylic acids is 1. The Kier molecular flexibility index (Phi) is 9.39. The molecule has 1 aromatic carbocycles. The number of benzene rings is 1. The molecule has 2 bridgehead atoms. The third kappa shape index (κ3) is 5.59. The highest BCUT2D eigenvalue weighted by molar-refractivity contribution is 5.85. The Morgan fingerprint density at radius 2 is 1.77 bits per heavy atom. The molecule has 3 N–H and O–H groups in total. The number of rotatable bonds is 5. The molecule has 0 aromatic heterocycles. The minimum atomic E-state index is -0.124. The molecule has 6 heteroatoms. The summed E-state index contributed by atoms with van der Waals surface area (Å²) in [5.74, 6) is 1.30. The molecule has 1 amide bonds. The van der Waals surface area contributed by atoms with Gasteiger partial charge < -0.3 is 11.1 Å². The van der Waals surface area contributed by atoms with Gasteiger partial charge in [0.2, 0.25) is 5.91 Å². The largest absolute Gasteiger partial charge is 0.351 e. The normalized spacial score (nSPS) is 28.5. The molecule has 0 heterocycles. The molecule has 2 aliphatic rings. The van der Waals surface area contributed by atoms with Crippen LogP contribution in [-0.2, 0) is 11.3 Å². The van der Waals surface area contributed by atoms with E-state index >= 15 is 0 Å². The monoisotopic (exact) mass is 401 g/mol. The first-order chi connectivity index (χ1) is 11.5. The van der Waals surface area contributed by atoms with Crippen LogP contribution in [0.3, 0.4) is 0 Å². The lowest BCUT2D eigenvalue weighted by atomic mass is 9.67. The van der Waals surface area contributed by atoms with Crippen LogP contribution in [0.1, 0.15) is 44.6 Å². The summed E-state index contributed by atoms with van der Waals surface area (Å²) in [5.41, 5.74) is 7.43. The second kappa shape index (κ2) is 10.5. The maximum absolute atomic E-state index is 12.8. The van der Waals surface area contributed by atoms with Crippen molar-refractivity contribution in [2.45, 2.75) is 63.7 Å². The van der Waals surface area contributed by atoms with Gasteiger partial charge in [-0.3, -0.25) is 9.69 Å². The second-order valence-corrected chi connectivity index (χ2v) is 7.79. The van der Waals surface area contributed by atoms with Crippen LogP contribution in [-0.4, -0.2) is 36.0 Å². The molecule has 2 aliphatic carbocycles. The Hall–Kier alpha value is -0.810. The van der Waals surface area contributed by atoms with Crippen molar-refractivity contribution in [2.24, 2.45) is 17.6 Å². The minimum Gasteiger partial charge on any atom is -0.351 e. The molecule has 0 aliphatic heterocycles. The standard InChI is InChI=1S/C20H31N3O.2ClH/c1-14(23(2)13-15-7-4-3-5-8-15)20(24)22-19-16-9-6-10-17(19)12-18(21)11-16;;/h3-5,7-8,14,16-19H,6,9-13,21H2,1-2H3,(H,22,24);2*1H. The molecule has 0 saturated heterocycles. The summed E-state index contributed by atoms with van der Waals surface area (Å²) >= 11 is 0. The van der Waals surface area contributed by atoms with E-state index in [1.54, 1.807) is 0 Å². The number of fused-ring (bicyclic) bond motifs is 2. The number of carbonyl (C=O) groups is 1. The zero-order valence-corrected chi connectivity index (χ0v) is 17.4. The zero-order valence-electron chi connectivity index (χ0n) is 15.8. The van der Waals surface area contributed by atoms with E-state index in [0.717, 1.165) is 19.4 Å². The van der Waals surface area contributed by atoms with E-state index in [9.17, 15) is 4.79 Å². The number of likely N-dealkylation sites (N-methyl/N-ethyl adjacent to an activating group) is 1. The first-order valence-electron chi connectivity index (χ1n) is 9.34. The Balaban J connectivity index is 0.00000169. The van der Waals surface area contributed by atoms with Crippen LogP contribution in [0.15, 0.2) is 30.3 Å². The lowest BCUT2D eigenvalue weighted by Gasteiger charge is -2.45. The molecule has 0 radical (unpaired) electrons. The van der Waals surface area contributed by atoms with Gasteiger partial charge in [-0.15, -0.1) is 24.8 Å². The second-order valence-electron chi connectivity index (χ2n) is 7.79. The molecule has 4 nitrogen and oxygen atoms in total. The van der Waals surface area contributed by atoms with Gasteiger partial charge in [0.15, 0.2) is 0 Å². The molecular formula is C20H33Cl2N3O. The summed E-state index contributed by atoms with van der Waals surface area (Å²) in [4.78, 5) is 14.9. The van der Waals surface area contributed by atoms with E-state index in [2.05, 4.69) is 22.3 Å². The molecule has 3 unspecified atom stereocenters. The van der Waals surface area contributed by atoms with E-state index in [4.69, 9.17) is 5.73 Å². The predicted molar refractivity (Wildman–Crippen MR) is 112 cm³/mol. The molecule has 3 rings (SSSR count). The average molecular weight is 402 g/mol. The van der Waals surface area contributed by atoms with Gasteiger partial charge in [0, 0.05) is 18.6 Å². The van der Waals surface area contributed by atoms with Crippen molar-refractivity contribution >= 4 is 30.7 Å². The summed E-state index contributed by atoms with van der Waals surface area (Å²) < 4.78 is 0. The maximum Gasteiger partial charge on any atom is 0.237 e. The molecule has 3 atom stereocenters. The summed E-state index contributed by atoms with van der Waals surface area (Å²) in [6.45, 7) is 2.79. The quantitative estimate of drug-likeness (QED) is 0.794. The first-order valence-corrected chi connectivity index (χ1v) is 9.34. The van der Waals surface area contributed by atoms with Gasteiger partial charge in [-0.05, 0) is 57.1 Å². The number of nitrogens with two attached hydrogens (primary N) is 1. The number of nitrogens with zero attached hydrogens (tertiary/aromatic N) is 1. The van der Waals surface area contributed by atoms with Crippen LogP contribution >= 0.6 is 24.8 Å². The van der Waals surface area contributed by atoms with E-state index in [1.165, 1.54) is 24.8 Å². The summed E-state index contributed by atoms with van der Waals surface area (Å²) in [5, 5.41) is 3.37. The van der Waals surface area contributed by atoms with Crippen LogP contribution in [0.5, 0.6) is 0 Å². The SMILES string of the molecule is CC(C(=O)NC1C2CCCC1CC(N)C2)N(C)Cc1ccccc1.Cl.Cl. The van der Waals surface area contributed by atoms with Gasteiger partial charge >= 0.3 is 0 Å². The van der Waals surface area contributed by atoms with Gasteiger partial charge in [0.25, 0.3) is 0 Å². The number of hydrogen-bond acceptors (Lipinski definition) is 3. The van der Waals surface area contributed by atoms with Crippen molar-refractivity contribution in [1.82, 2.24) is 10.2 Å². The van der Waals surface area contributed by atoms with Crippen molar-refractivity contribution in [3.05, 3.63) is 35.9 Å². The Bertz CT molecular complexity index is 543. The molecule has 1 aromatic rings. The fourth-order valence-electron chi connectivity index (χ4n) is 4.52. The maximum atomic E-state index is 12.8. The summed E-state index contributed by atoms with van der Waals surface area (Å²) in [7, 11) is 2.02. The van der Waals surface area contributed by atoms with Crippen molar-refractivity contribution in [3.63, 3.8) is 0 Å². The Morgan fingerprint density at radius 3 is 2.35 bits per heavy atom. The van der Waals surface area contributed by atoms with Gasteiger partial charge in [0.1, 0.15) is 0 Å². The summed E-state index contributed by atoms with van der Waals surface area (Å²) in [6.07, 6.45) is 5.84. The smallest absolute Gasteiger partial charge is 0.237 e. The van der Waals surface area contributed by atoms with Crippen LogP contribution in [0.2, 0.25) is 0 Å². The third-order valence-electron chi connectivity index (χ3n) is 6.00. The topological polar surface area (TPSA) is 58.4 Å². The van der Waals surface area contributed by atoms with Crippen molar-refractivity contribution in [2.75, 3.05) is 7.05 Å². The lowest BCUT2D eigenvalue weighted by Crippen LogP contribution is -2.56. The highest BCUT2D eigenvalue weighted by atomic mass is 35.5. The highest BCUT2D eigenvalue weighted by Gasteiger charge is 2.40. The van der Waals surface area contributed by atoms with Crippen molar-refractivity contribution < 1.29 is 4.79 Å². The van der Waals surface area contributed by atoms with Gasteiger partial charge in [-0.2, -0.15) is 0 Å². The number of hydrogen-bond donors (Lipinski definition) is 2. The molecule has 0 spiro atoms. The minimum absolute atomic E-state index is 0. The Labute approximate surface area is 170 Å². The first kappa shape index (κ1) is 23.2. The zero-order chi connectivity index (χ0) is 17.1. The number of halogens is 2. The fourth-order valence-corrected chi connectivity index (χ4v) is 4.52. The predicted octanol–water partition coefficient (Wildman–Crippen LogP) is 3.37. The van der Waals surface area contributed by atoms with Crippen LogP contribution in [0.25, 0.3) is 0 Å². The summed E-state index contributed by atoms with van der Waals surface area (Å²) in [6, 6.07) is 10.8. The molecule has 148 valence electrons. The number of nitrogens with one attached hydrogen (secondary N) is 1. The van der Waals surface area contributed by atoms with Gasteiger partial charge in [-0.25, -0.2) is 0 Å². The lowest BCUT2D eigenvalue weighted by molar-refractivity contribution is -0.128. The highest BCUT2D eigenvalue weighted by Crippen LogP contribution is 2.39. The van der Waals surface area contributed by atoms with E-state index in [-0.39, 0.29) is 36.8 Å². The molecule has 2 saturated carbocycles. The van der Waals surface area contributed by atoms with Crippen LogP contribution < -0.4 is 11.1 Å². The molecule has 26 heavy (non-hydrogen) atoms. The average Bonchev–Trinajstić information content (AvgIpc) is 2.55. The van der Waals surface area contributed by atoms with Crippen LogP contribution in [0.4, 0.5) is 0 Å². The number of amides is 1.